The van der Waals surface area contributed by atoms with Crippen LogP contribution in [0.1, 0.15) is 46.5 Å². The molecule has 1 spiro atoms. The predicted octanol–water partition coefficient (Wildman–Crippen LogP) is 3.52. The van der Waals surface area contributed by atoms with Gasteiger partial charge in [-0.1, -0.05) is 0 Å². The molecule has 9 heteroatoms. The SMILES string of the molecule is [2H]C([2H])([2H])C(C(=O)N1CC[C@@]2(CCc3cc(-c4ncccn4)c(C)nc3N2)C1)c1cc(OC)ncc1F. The maximum absolute atomic E-state index is 14.7. The van der Waals surface area contributed by atoms with Crippen molar-refractivity contribution in [1.82, 2.24) is 24.8 Å². The predicted molar refractivity (Wildman–Crippen MR) is 125 cm³/mol. The molecule has 34 heavy (non-hydrogen) atoms. The van der Waals surface area contributed by atoms with Gasteiger partial charge in [0.15, 0.2) is 5.82 Å². The summed E-state index contributed by atoms with van der Waals surface area (Å²) in [6.07, 6.45) is 6.36. The summed E-state index contributed by atoms with van der Waals surface area (Å²) in [7, 11) is 1.35. The number of methoxy groups -OCH3 is 1. The van der Waals surface area contributed by atoms with Gasteiger partial charge >= 0.3 is 0 Å². The fourth-order valence-electron chi connectivity index (χ4n) is 4.75. The lowest BCUT2D eigenvalue weighted by molar-refractivity contribution is -0.131. The molecule has 3 aromatic heterocycles. The van der Waals surface area contributed by atoms with Crippen molar-refractivity contribution in [2.24, 2.45) is 0 Å². The summed E-state index contributed by atoms with van der Waals surface area (Å²) < 4.78 is 43.8. The number of pyridine rings is 2. The molecule has 0 saturated carbocycles. The highest BCUT2D eigenvalue weighted by atomic mass is 19.1. The van der Waals surface area contributed by atoms with E-state index in [0.29, 0.717) is 25.3 Å². The second-order valence-electron chi connectivity index (χ2n) is 8.80. The Morgan fingerprint density at radius 2 is 2.12 bits per heavy atom. The number of halogens is 1. The van der Waals surface area contributed by atoms with Crippen molar-refractivity contribution in [3.05, 3.63) is 59.4 Å². The molecule has 2 aliphatic rings. The van der Waals surface area contributed by atoms with Crippen LogP contribution in [0.2, 0.25) is 0 Å². The molecule has 2 aliphatic heterocycles. The number of nitrogens with one attached hydrogen (secondary N) is 1. The number of hydrogen-bond donors (Lipinski definition) is 1. The fourth-order valence-corrected chi connectivity index (χ4v) is 4.75. The van der Waals surface area contributed by atoms with E-state index in [2.05, 4.69) is 26.3 Å². The third-order valence-corrected chi connectivity index (χ3v) is 6.65. The maximum atomic E-state index is 14.7. The van der Waals surface area contributed by atoms with Gasteiger partial charge in [0.1, 0.15) is 11.6 Å². The standard InChI is InChI=1S/C25H27FN6O2/c1-15(18-12-21(34-3)29-13-20(18)26)24(33)32-10-7-25(14-32)6-5-17-11-19(16(2)30-22(17)31-25)23-27-8-4-9-28-23/h4,8-9,11-13,15H,5-7,10,14H2,1-3H3,(H,30,31)/t15?,25-/m0/s1/i1D3. The van der Waals surface area contributed by atoms with Crippen LogP contribution in [0.3, 0.4) is 0 Å². The Bertz CT molecular complexity index is 1340. The summed E-state index contributed by atoms with van der Waals surface area (Å²) in [5.74, 6) is -1.75. The minimum atomic E-state index is -2.75. The van der Waals surface area contributed by atoms with E-state index in [-0.39, 0.29) is 11.4 Å². The molecule has 0 aromatic carbocycles. The number of amides is 1. The van der Waals surface area contributed by atoms with Crippen molar-refractivity contribution in [2.75, 3.05) is 25.5 Å². The first-order chi connectivity index (χ1) is 17.6. The molecule has 1 amide bonds. The fraction of sp³-hybridized carbons (Fsp3) is 0.400. The normalized spacial score (nSPS) is 21.7. The van der Waals surface area contributed by atoms with Crippen LogP contribution in [-0.4, -0.2) is 56.5 Å². The van der Waals surface area contributed by atoms with Crippen LogP contribution in [0.5, 0.6) is 5.88 Å². The van der Waals surface area contributed by atoms with Crippen LogP contribution in [0, 0.1) is 12.7 Å². The Labute approximate surface area is 201 Å². The molecule has 1 N–H and O–H groups in total. The quantitative estimate of drug-likeness (QED) is 0.630. The van der Waals surface area contributed by atoms with E-state index >= 15 is 0 Å². The first-order valence-electron chi connectivity index (χ1n) is 12.6. The van der Waals surface area contributed by atoms with E-state index in [1.54, 1.807) is 18.5 Å². The molecular formula is C25H27FN6O2. The van der Waals surface area contributed by atoms with E-state index in [9.17, 15) is 9.18 Å². The number of rotatable bonds is 4. The molecule has 5 rings (SSSR count). The largest absolute Gasteiger partial charge is 0.481 e. The summed E-state index contributed by atoms with van der Waals surface area (Å²) in [5.41, 5.74) is 2.00. The Morgan fingerprint density at radius 3 is 2.88 bits per heavy atom. The molecule has 0 radical (unpaired) electrons. The minimum absolute atomic E-state index is 0.0450. The highest BCUT2D eigenvalue weighted by Gasteiger charge is 2.43. The number of likely N-dealkylation sites (tertiary alicyclic amines) is 1. The Kier molecular flexibility index (Phi) is 4.76. The average molecular weight is 466 g/mol. The van der Waals surface area contributed by atoms with E-state index in [1.165, 1.54) is 18.1 Å². The van der Waals surface area contributed by atoms with Gasteiger partial charge in [-0.25, -0.2) is 24.3 Å². The lowest BCUT2D eigenvalue weighted by Crippen LogP contribution is -2.46. The average Bonchev–Trinajstić information content (AvgIpc) is 3.28. The molecule has 5 heterocycles. The van der Waals surface area contributed by atoms with E-state index in [0.717, 1.165) is 41.7 Å². The number of carbonyl (C=O) groups is 1. The van der Waals surface area contributed by atoms with Crippen molar-refractivity contribution in [3.63, 3.8) is 0 Å². The van der Waals surface area contributed by atoms with Gasteiger partial charge in [-0.05, 0) is 50.7 Å². The van der Waals surface area contributed by atoms with Crippen molar-refractivity contribution >= 4 is 11.7 Å². The highest BCUT2D eigenvalue weighted by molar-refractivity contribution is 5.84. The van der Waals surface area contributed by atoms with Crippen LogP contribution in [-0.2, 0) is 11.2 Å². The Balaban J connectivity index is 1.39. The lowest BCUT2D eigenvalue weighted by Gasteiger charge is -2.36. The molecule has 176 valence electrons. The number of carbonyl (C=O) groups excluding carboxylic acids is 1. The van der Waals surface area contributed by atoms with E-state index in [1.807, 2.05) is 6.92 Å². The Hall–Kier alpha value is -3.62. The van der Waals surface area contributed by atoms with Crippen LogP contribution in [0.4, 0.5) is 10.2 Å². The van der Waals surface area contributed by atoms with Crippen molar-refractivity contribution < 1.29 is 18.0 Å². The summed E-state index contributed by atoms with van der Waals surface area (Å²) in [5, 5.41) is 3.53. The van der Waals surface area contributed by atoms with Gasteiger partial charge in [0.25, 0.3) is 0 Å². The number of ether oxygens (including phenoxy) is 1. The number of aryl methyl sites for hydroxylation is 2. The molecule has 1 saturated heterocycles. The summed E-state index contributed by atoms with van der Waals surface area (Å²) in [6.45, 7) is -0.197. The van der Waals surface area contributed by atoms with Gasteiger partial charge < -0.3 is 15.0 Å². The van der Waals surface area contributed by atoms with Gasteiger partial charge in [-0.15, -0.1) is 0 Å². The molecule has 2 atom stereocenters. The van der Waals surface area contributed by atoms with Crippen LogP contribution < -0.4 is 10.1 Å². The van der Waals surface area contributed by atoms with Gasteiger partial charge in [0, 0.05) is 46.8 Å². The zero-order valence-corrected chi connectivity index (χ0v) is 19.0. The first-order valence-corrected chi connectivity index (χ1v) is 11.1. The number of hydrogen-bond acceptors (Lipinski definition) is 7. The molecule has 8 nitrogen and oxygen atoms in total. The van der Waals surface area contributed by atoms with Gasteiger partial charge in [-0.3, -0.25) is 4.79 Å². The van der Waals surface area contributed by atoms with Crippen molar-refractivity contribution in [1.29, 1.82) is 0 Å². The van der Waals surface area contributed by atoms with Crippen LogP contribution >= 0.6 is 0 Å². The minimum Gasteiger partial charge on any atom is -0.481 e. The molecule has 0 aliphatic carbocycles. The second kappa shape index (κ2) is 8.62. The van der Waals surface area contributed by atoms with Crippen molar-refractivity contribution in [2.45, 2.75) is 44.5 Å². The highest BCUT2D eigenvalue weighted by Crippen LogP contribution is 2.38. The number of anilines is 1. The number of nitrogens with zero attached hydrogens (tertiary/aromatic N) is 5. The van der Waals surface area contributed by atoms with Crippen LogP contribution in [0.25, 0.3) is 11.4 Å². The number of aromatic nitrogens is 4. The summed E-state index contributed by atoms with van der Waals surface area (Å²) >= 11 is 0. The monoisotopic (exact) mass is 465 g/mol. The van der Waals surface area contributed by atoms with Gasteiger partial charge in [-0.2, -0.15) is 0 Å². The topological polar surface area (TPSA) is 93.1 Å². The van der Waals surface area contributed by atoms with Crippen molar-refractivity contribution in [3.8, 4) is 17.3 Å². The Morgan fingerprint density at radius 1 is 1.29 bits per heavy atom. The van der Waals surface area contributed by atoms with Gasteiger partial charge in [0.2, 0.25) is 11.8 Å². The van der Waals surface area contributed by atoms with E-state index in [4.69, 9.17) is 13.8 Å². The molecule has 3 aromatic rings. The molecule has 0 bridgehead atoms. The summed E-state index contributed by atoms with van der Waals surface area (Å²) in [6, 6.07) is 5.00. The zero-order chi connectivity index (χ0) is 26.4. The molecule has 1 fully saturated rings. The second-order valence-corrected chi connectivity index (χ2v) is 8.80. The first kappa shape index (κ1) is 18.8. The van der Waals surface area contributed by atoms with E-state index < -0.39 is 30.0 Å². The smallest absolute Gasteiger partial charge is 0.230 e. The third-order valence-electron chi connectivity index (χ3n) is 6.65. The van der Waals surface area contributed by atoms with Crippen LogP contribution in [0.15, 0.2) is 36.8 Å². The number of fused-ring (bicyclic) bond motifs is 1. The maximum Gasteiger partial charge on any atom is 0.230 e. The van der Waals surface area contributed by atoms with Gasteiger partial charge in [0.05, 0.1) is 30.5 Å². The third kappa shape index (κ3) is 3.95. The zero-order valence-electron chi connectivity index (χ0n) is 22.0. The molecule has 1 unspecified atom stereocenters. The molecular weight excluding hydrogens is 435 g/mol. The lowest BCUT2D eigenvalue weighted by atomic mass is 9.86. The summed E-state index contributed by atoms with van der Waals surface area (Å²) in [4.78, 5) is 32.3.